The van der Waals surface area contributed by atoms with Gasteiger partial charge in [-0.1, -0.05) is 0 Å². The summed E-state index contributed by atoms with van der Waals surface area (Å²) in [6.45, 7) is 5.27. The van der Waals surface area contributed by atoms with Crippen molar-refractivity contribution in [3.63, 3.8) is 0 Å². The molecular weight excluding hydrogens is 212 g/mol. The number of morpholine rings is 1. The predicted octanol–water partition coefficient (Wildman–Crippen LogP) is -0.406. The minimum absolute atomic E-state index is 0. The number of hydrogen-bond acceptors (Lipinski definition) is 6. The Morgan fingerprint density at radius 1 is 1.43 bits per heavy atom. The fourth-order valence-corrected chi connectivity index (χ4v) is 0.963. The molecule has 0 amide bonds. The van der Waals surface area contributed by atoms with Gasteiger partial charge in [0.25, 0.3) is 0 Å². The molecule has 0 saturated carbocycles. The topological polar surface area (TPSA) is 120 Å². The first kappa shape index (κ1) is 16.2. The second-order valence-corrected chi connectivity index (χ2v) is 3.29. The summed E-state index contributed by atoms with van der Waals surface area (Å²) in [6.07, 6.45) is 0. The first-order valence-corrected chi connectivity index (χ1v) is 5.33. The lowest BCUT2D eigenvalue weighted by Gasteiger charge is -2.10. The van der Waals surface area contributed by atoms with Crippen molar-refractivity contribution in [1.82, 2.24) is 11.5 Å². The first-order valence-electron chi connectivity index (χ1n) is 3.96. The summed E-state index contributed by atoms with van der Waals surface area (Å²) >= 11 is 0. The Kier molecular flexibility index (Phi) is 10.8. The third kappa shape index (κ3) is 14.3. The Hall–Kier alpha value is -0.250. The zero-order valence-corrected chi connectivity index (χ0v) is 9.05. The van der Waals surface area contributed by atoms with E-state index in [0.717, 1.165) is 26.3 Å². The monoisotopic (exact) mass is 230 g/mol. The normalized spacial score (nSPS) is 16.1. The van der Waals surface area contributed by atoms with E-state index in [9.17, 15) is 8.42 Å². The number of ether oxygens (including phenoxy) is 1. The van der Waals surface area contributed by atoms with Crippen LogP contribution in [0.2, 0.25) is 0 Å². The zero-order valence-electron chi connectivity index (χ0n) is 8.23. The average Bonchev–Trinajstić information content (AvgIpc) is 2.06. The summed E-state index contributed by atoms with van der Waals surface area (Å²) in [5.74, 6) is 0. The van der Waals surface area contributed by atoms with Crippen molar-refractivity contribution < 1.29 is 21.9 Å². The second-order valence-electron chi connectivity index (χ2n) is 2.20. The molecule has 8 heteroatoms. The quantitative estimate of drug-likeness (QED) is 0.552. The summed E-state index contributed by atoms with van der Waals surface area (Å²) < 4.78 is 35.7. The van der Waals surface area contributed by atoms with Crippen LogP contribution in [0.15, 0.2) is 0 Å². The predicted molar refractivity (Wildman–Crippen MR) is 51.9 cm³/mol. The molecule has 1 aliphatic rings. The molecule has 88 valence electrons. The van der Waals surface area contributed by atoms with E-state index in [1.165, 1.54) is 6.92 Å². The molecule has 1 aliphatic heterocycles. The fourth-order valence-electron chi connectivity index (χ4n) is 0.665. The maximum absolute atomic E-state index is 9.56. The highest BCUT2D eigenvalue weighted by Gasteiger charge is 1.98. The SMILES string of the molecule is C1COCCN1.CCOS(=O)(=O)O.N. The molecule has 0 bridgehead atoms. The molecule has 0 spiro atoms. The molecule has 0 aromatic carbocycles. The molecule has 1 fully saturated rings. The van der Waals surface area contributed by atoms with E-state index in [2.05, 4.69) is 9.50 Å². The minimum Gasteiger partial charge on any atom is -0.379 e. The van der Waals surface area contributed by atoms with Gasteiger partial charge in [0.15, 0.2) is 0 Å². The third-order valence-electron chi connectivity index (χ3n) is 1.11. The van der Waals surface area contributed by atoms with E-state index in [0.29, 0.717) is 0 Å². The first-order chi connectivity index (χ1) is 6.06. The zero-order chi connectivity index (χ0) is 10.2. The molecule has 0 aromatic heterocycles. The molecule has 5 N–H and O–H groups in total. The highest BCUT2D eigenvalue weighted by Crippen LogP contribution is 1.81. The van der Waals surface area contributed by atoms with E-state index in [1.54, 1.807) is 0 Å². The summed E-state index contributed by atoms with van der Waals surface area (Å²) in [4.78, 5) is 0. The van der Waals surface area contributed by atoms with Crippen molar-refractivity contribution in [2.24, 2.45) is 0 Å². The van der Waals surface area contributed by atoms with E-state index in [1.807, 2.05) is 0 Å². The van der Waals surface area contributed by atoms with E-state index >= 15 is 0 Å². The molecule has 0 aromatic rings. The van der Waals surface area contributed by atoms with Crippen molar-refractivity contribution in [2.75, 3.05) is 32.9 Å². The fraction of sp³-hybridized carbons (Fsp3) is 1.00. The van der Waals surface area contributed by atoms with Crippen LogP contribution >= 0.6 is 0 Å². The molecule has 1 rings (SSSR count). The molecule has 7 nitrogen and oxygen atoms in total. The van der Waals surface area contributed by atoms with Gasteiger partial charge in [-0.05, 0) is 6.92 Å². The summed E-state index contributed by atoms with van der Waals surface area (Å²) in [5.41, 5.74) is 0. The lowest BCUT2D eigenvalue weighted by atomic mass is 10.5. The maximum atomic E-state index is 9.56. The smallest absolute Gasteiger partial charge is 0.379 e. The van der Waals surface area contributed by atoms with Crippen LogP contribution in [-0.4, -0.2) is 45.9 Å². The Morgan fingerprint density at radius 3 is 2.00 bits per heavy atom. The van der Waals surface area contributed by atoms with Crippen molar-refractivity contribution in [2.45, 2.75) is 6.92 Å². The van der Waals surface area contributed by atoms with Crippen molar-refractivity contribution in [3.8, 4) is 0 Å². The molecule has 0 radical (unpaired) electrons. The van der Waals surface area contributed by atoms with E-state index in [4.69, 9.17) is 9.29 Å². The minimum atomic E-state index is -4.17. The molecule has 0 atom stereocenters. The van der Waals surface area contributed by atoms with Crippen LogP contribution in [0.25, 0.3) is 0 Å². The molecule has 14 heavy (non-hydrogen) atoms. The van der Waals surface area contributed by atoms with Crippen molar-refractivity contribution >= 4 is 10.4 Å². The molecule has 0 aliphatic carbocycles. The van der Waals surface area contributed by atoms with Crippen LogP contribution in [0.4, 0.5) is 0 Å². The summed E-state index contributed by atoms with van der Waals surface area (Å²) in [5, 5.41) is 3.16. The van der Waals surface area contributed by atoms with Crippen LogP contribution < -0.4 is 11.5 Å². The Balaban J connectivity index is 0. The van der Waals surface area contributed by atoms with Gasteiger partial charge in [-0.25, -0.2) is 4.18 Å². The van der Waals surface area contributed by atoms with Gasteiger partial charge in [0, 0.05) is 13.1 Å². The lowest BCUT2D eigenvalue weighted by molar-refractivity contribution is 0.109. The van der Waals surface area contributed by atoms with Crippen LogP contribution in [-0.2, 0) is 19.3 Å². The lowest BCUT2D eigenvalue weighted by Crippen LogP contribution is -2.30. The van der Waals surface area contributed by atoms with E-state index < -0.39 is 10.4 Å². The second kappa shape index (κ2) is 9.31. The maximum Gasteiger partial charge on any atom is 0.397 e. The van der Waals surface area contributed by atoms with Gasteiger partial charge in [0.1, 0.15) is 0 Å². The van der Waals surface area contributed by atoms with Crippen LogP contribution in [0.3, 0.4) is 0 Å². The van der Waals surface area contributed by atoms with Gasteiger partial charge in [-0.3, -0.25) is 4.55 Å². The van der Waals surface area contributed by atoms with Crippen molar-refractivity contribution in [1.29, 1.82) is 0 Å². The molecule has 1 heterocycles. The molecular formula is C6H18N2O5S. The Bertz CT molecular complexity index is 191. The average molecular weight is 230 g/mol. The number of rotatable bonds is 2. The third-order valence-corrected chi connectivity index (χ3v) is 1.65. The van der Waals surface area contributed by atoms with Gasteiger partial charge in [0.2, 0.25) is 0 Å². The van der Waals surface area contributed by atoms with Crippen molar-refractivity contribution in [3.05, 3.63) is 0 Å². The molecule has 0 unspecified atom stereocenters. The largest absolute Gasteiger partial charge is 0.397 e. The van der Waals surface area contributed by atoms with Gasteiger partial charge < -0.3 is 16.2 Å². The molecule has 1 saturated heterocycles. The van der Waals surface area contributed by atoms with Crippen LogP contribution in [0.1, 0.15) is 6.92 Å². The van der Waals surface area contributed by atoms with Crippen LogP contribution in [0.5, 0.6) is 0 Å². The number of hydrogen-bond donors (Lipinski definition) is 3. The van der Waals surface area contributed by atoms with Gasteiger partial charge in [-0.2, -0.15) is 8.42 Å². The highest BCUT2D eigenvalue weighted by molar-refractivity contribution is 7.80. The highest BCUT2D eigenvalue weighted by atomic mass is 32.3. The van der Waals surface area contributed by atoms with Crippen LogP contribution in [0, 0.1) is 0 Å². The van der Waals surface area contributed by atoms with Gasteiger partial charge >= 0.3 is 10.4 Å². The summed E-state index contributed by atoms with van der Waals surface area (Å²) in [7, 11) is -4.17. The number of nitrogens with one attached hydrogen (secondary N) is 1. The summed E-state index contributed by atoms with van der Waals surface area (Å²) in [6, 6.07) is 0. The van der Waals surface area contributed by atoms with Gasteiger partial charge in [-0.15, -0.1) is 0 Å². The Labute approximate surface area is 84.3 Å². The van der Waals surface area contributed by atoms with Gasteiger partial charge in [0.05, 0.1) is 19.8 Å². The standard InChI is InChI=1S/C4H9NO.C2H6O4S.H3N/c1-3-6-4-2-5-1;1-2-6-7(3,4)5;/h5H,1-4H2;2H2,1H3,(H,3,4,5);1H3. The van der Waals surface area contributed by atoms with E-state index in [-0.39, 0.29) is 12.8 Å². The Morgan fingerprint density at radius 2 is 1.93 bits per heavy atom.